The van der Waals surface area contributed by atoms with E-state index in [-0.39, 0.29) is 5.82 Å². The Labute approximate surface area is 200 Å². The lowest BCUT2D eigenvalue weighted by Gasteiger charge is -2.18. The van der Waals surface area contributed by atoms with Crippen LogP contribution in [0.5, 0.6) is 11.5 Å². The summed E-state index contributed by atoms with van der Waals surface area (Å²) in [6.07, 6.45) is 0.916. The van der Waals surface area contributed by atoms with Crippen molar-refractivity contribution in [3.8, 4) is 11.5 Å². The van der Waals surface area contributed by atoms with Gasteiger partial charge in [-0.25, -0.2) is 4.39 Å². The lowest BCUT2D eigenvalue weighted by molar-refractivity contribution is 0.475. The normalized spacial score (nSPS) is 10.9. The lowest BCUT2D eigenvalue weighted by atomic mass is 9.91. The summed E-state index contributed by atoms with van der Waals surface area (Å²) in [5.74, 6) is 0.832. The molecule has 2 rings (SSSR count). The summed E-state index contributed by atoms with van der Waals surface area (Å²) in [5.41, 5.74) is 10.1. The molecular weight excluding hydrogens is 407 g/mol. The van der Waals surface area contributed by atoms with E-state index in [0.717, 1.165) is 34.3 Å². The second-order valence-corrected chi connectivity index (χ2v) is 8.75. The molecule has 0 unspecified atom stereocenters. The van der Waals surface area contributed by atoms with Crippen molar-refractivity contribution >= 4 is 11.1 Å². The molecular formula is C31H39FO. The van der Waals surface area contributed by atoms with Crippen LogP contribution in [0, 0.1) is 5.82 Å². The van der Waals surface area contributed by atoms with Crippen LogP contribution in [0.1, 0.15) is 72.9 Å². The van der Waals surface area contributed by atoms with Crippen LogP contribution in [0.2, 0.25) is 0 Å². The molecule has 33 heavy (non-hydrogen) atoms. The van der Waals surface area contributed by atoms with Crippen LogP contribution in [-0.2, 0) is 0 Å². The van der Waals surface area contributed by atoms with Crippen LogP contribution in [-0.4, -0.2) is 0 Å². The van der Waals surface area contributed by atoms with E-state index in [2.05, 4.69) is 60.4 Å². The van der Waals surface area contributed by atoms with Crippen molar-refractivity contribution in [2.45, 2.75) is 61.8 Å². The average Bonchev–Trinajstić information content (AvgIpc) is 2.74. The first-order valence-electron chi connectivity index (χ1n) is 11.3. The number of hydrogen-bond donors (Lipinski definition) is 0. The molecule has 0 atom stereocenters. The molecule has 176 valence electrons. The van der Waals surface area contributed by atoms with E-state index in [9.17, 15) is 4.39 Å². The third-order valence-electron chi connectivity index (χ3n) is 5.54. The maximum Gasteiger partial charge on any atom is 0.135 e. The molecule has 0 aromatic heterocycles. The molecule has 0 aliphatic heterocycles. The zero-order valence-electron chi connectivity index (χ0n) is 21.7. The highest BCUT2D eigenvalue weighted by molar-refractivity contribution is 5.85. The van der Waals surface area contributed by atoms with Crippen LogP contribution in [0.25, 0.3) is 11.1 Å². The summed E-state index contributed by atoms with van der Waals surface area (Å²) >= 11 is 0. The smallest absolute Gasteiger partial charge is 0.135 e. The summed E-state index contributed by atoms with van der Waals surface area (Å²) in [4.78, 5) is 0. The molecule has 0 bridgehead atoms. The largest absolute Gasteiger partial charge is 0.457 e. The summed E-state index contributed by atoms with van der Waals surface area (Å²) in [5, 5.41) is 0. The maximum atomic E-state index is 13.5. The van der Waals surface area contributed by atoms with Crippen molar-refractivity contribution in [3.63, 3.8) is 0 Å². The SMILES string of the molecule is C=C(C)/C(=C(/C)CC)c1cc(C(=C)C)ccc1Oc1cccc(F)c1.C=C(C)C(C)=C(C)C. The molecule has 0 radical (unpaired) electrons. The van der Waals surface area contributed by atoms with Crippen LogP contribution < -0.4 is 4.74 Å². The molecule has 2 aromatic rings. The van der Waals surface area contributed by atoms with E-state index in [1.807, 2.05) is 32.9 Å². The molecule has 0 fully saturated rings. The van der Waals surface area contributed by atoms with Crippen LogP contribution in [0.3, 0.4) is 0 Å². The first-order chi connectivity index (χ1) is 15.4. The number of allylic oxidation sites excluding steroid dienone is 7. The first-order valence-corrected chi connectivity index (χ1v) is 11.3. The molecule has 0 spiro atoms. The summed E-state index contributed by atoms with van der Waals surface area (Å²) in [7, 11) is 0. The second kappa shape index (κ2) is 12.8. The van der Waals surface area contributed by atoms with E-state index < -0.39 is 0 Å². The number of halogens is 1. The summed E-state index contributed by atoms with van der Waals surface area (Å²) in [6.45, 7) is 28.5. The summed E-state index contributed by atoms with van der Waals surface area (Å²) < 4.78 is 19.5. The topological polar surface area (TPSA) is 9.23 Å². The zero-order valence-corrected chi connectivity index (χ0v) is 21.7. The lowest BCUT2D eigenvalue weighted by Crippen LogP contribution is -1.97. The molecule has 0 amide bonds. The van der Waals surface area contributed by atoms with Gasteiger partial charge in [0.1, 0.15) is 17.3 Å². The van der Waals surface area contributed by atoms with E-state index in [1.165, 1.54) is 34.4 Å². The van der Waals surface area contributed by atoms with Gasteiger partial charge in [-0.3, -0.25) is 0 Å². The highest BCUT2D eigenvalue weighted by atomic mass is 19.1. The first kappa shape index (κ1) is 27.9. The molecule has 0 heterocycles. The van der Waals surface area contributed by atoms with Crippen molar-refractivity contribution in [3.05, 3.63) is 107 Å². The third-order valence-corrected chi connectivity index (χ3v) is 5.54. The van der Waals surface area contributed by atoms with Gasteiger partial charge in [0.2, 0.25) is 0 Å². The second-order valence-electron chi connectivity index (χ2n) is 8.75. The Balaban J connectivity index is 0.000000582. The van der Waals surface area contributed by atoms with Gasteiger partial charge >= 0.3 is 0 Å². The highest BCUT2D eigenvalue weighted by Gasteiger charge is 2.15. The Hall–Kier alpha value is -3.13. The minimum atomic E-state index is -0.321. The Morgan fingerprint density at radius 3 is 1.91 bits per heavy atom. The molecule has 2 heteroatoms. The predicted octanol–water partition coefficient (Wildman–Crippen LogP) is 10.3. The molecule has 0 saturated carbocycles. The molecule has 1 nitrogen and oxygen atoms in total. The Morgan fingerprint density at radius 1 is 0.848 bits per heavy atom. The van der Waals surface area contributed by atoms with Gasteiger partial charge in [0.05, 0.1) is 0 Å². The van der Waals surface area contributed by atoms with Crippen molar-refractivity contribution in [1.82, 2.24) is 0 Å². The van der Waals surface area contributed by atoms with Gasteiger partial charge in [-0.1, -0.05) is 72.2 Å². The van der Waals surface area contributed by atoms with Crippen molar-refractivity contribution in [2.75, 3.05) is 0 Å². The Kier molecular flexibility index (Phi) is 10.8. The standard InChI is InChI=1S/C23H25FO.C8H14/c1-7-17(6)23(16(4)5)21-13-18(15(2)3)11-12-22(21)25-20-10-8-9-19(24)14-20;1-6(2)8(5)7(3)4/h8-14H,2,4,7H2,1,3,5-6H3;1H2,2-5H3/b23-17+;. The fourth-order valence-electron chi connectivity index (χ4n) is 3.16. The van der Waals surface area contributed by atoms with Gasteiger partial charge in [-0.15, -0.1) is 0 Å². The number of hydrogen-bond acceptors (Lipinski definition) is 1. The van der Waals surface area contributed by atoms with Gasteiger partial charge in [0.15, 0.2) is 0 Å². The zero-order chi connectivity index (χ0) is 25.3. The van der Waals surface area contributed by atoms with E-state index in [4.69, 9.17) is 4.74 Å². The minimum Gasteiger partial charge on any atom is -0.457 e. The molecule has 0 aliphatic rings. The molecule has 0 saturated heterocycles. The van der Waals surface area contributed by atoms with Gasteiger partial charge in [-0.2, -0.15) is 0 Å². The molecule has 0 aliphatic carbocycles. The van der Waals surface area contributed by atoms with Crippen LogP contribution in [0.15, 0.2) is 90.1 Å². The number of benzene rings is 2. The monoisotopic (exact) mass is 446 g/mol. The van der Waals surface area contributed by atoms with E-state index in [0.29, 0.717) is 11.5 Å². The minimum absolute atomic E-state index is 0.321. The fraction of sp³-hybridized carbons (Fsp3) is 0.290. The highest BCUT2D eigenvalue weighted by Crippen LogP contribution is 2.37. The van der Waals surface area contributed by atoms with Crippen molar-refractivity contribution < 1.29 is 9.13 Å². The van der Waals surface area contributed by atoms with E-state index in [1.54, 1.807) is 12.1 Å². The fourth-order valence-corrected chi connectivity index (χ4v) is 3.16. The van der Waals surface area contributed by atoms with Crippen LogP contribution in [0.4, 0.5) is 4.39 Å². The van der Waals surface area contributed by atoms with Gasteiger partial charge in [0, 0.05) is 11.6 Å². The quantitative estimate of drug-likeness (QED) is 0.384. The summed E-state index contributed by atoms with van der Waals surface area (Å²) in [6, 6.07) is 12.1. The van der Waals surface area contributed by atoms with Crippen LogP contribution >= 0.6 is 0 Å². The van der Waals surface area contributed by atoms with Gasteiger partial charge in [0.25, 0.3) is 0 Å². The van der Waals surface area contributed by atoms with Crippen molar-refractivity contribution in [1.29, 1.82) is 0 Å². The van der Waals surface area contributed by atoms with Gasteiger partial charge in [-0.05, 0) is 90.3 Å². The predicted molar refractivity (Wildman–Crippen MR) is 144 cm³/mol. The Morgan fingerprint density at radius 2 is 1.48 bits per heavy atom. The number of ether oxygens (including phenoxy) is 1. The third kappa shape index (κ3) is 8.38. The van der Waals surface area contributed by atoms with Crippen molar-refractivity contribution in [2.24, 2.45) is 0 Å². The number of rotatable bonds is 7. The molecule has 2 aromatic carbocycles. The molecule has 0 N–H and O–H groups in total. The van der Waals surface area contributed by atoms with Gasteiger partial charge < -0.3 is 4.74 Å². The Bertz CT molecular complexity index is 1090. The average molecular weight is 447 g/mol. The maximum absolute atomic E-state index is 13.5. The van der Waals surface area contributed by atoms with E-state index >= 15 is 0 Å².